The Morgan fingerprint density at radius 3 is 2.70 bits per heavy atom. The summed E-state index contributed by atoms with van der Waals surface area (Å²) in [6.07, 6.45) is 4.16. The summed E-state index contributed by atoms with van der Waals surface area (Å²) in [7, 11) is 4.22. The van der Waals surface area contributed by atoms with Gasteiger partial charge < -0.3 is 25.0 Å². The highest BCUT2D eigenvalue weighted by atomic mass is 16.5. The number of hydrogen-bond donors (Lipinski definition) is 3. The second-order valence-corrected chi connectivity index (χ2v) is 11.5. The summed E-state index contributed by atoms with van der Waals surface area (Å²) < 4.78 is 6.30. The van der Waals surface area contributed by atoms with Crippen LogP contribution < -0.4 is 15.0 Å². The smallest absolute Gasteiger partial charge is 0.318 e. The van der Waals surface area contributed by atoms with Crippen molar-refractivity contribution in [3.8, 4) is 6.01 Å². The molecule has 2 aromatic heterocycles. The molecule has 210 valence electrons. The Balaban J connectivity index is 1.30. The molecule has 0 radical (unpaired) electrons. The molecular weight excluding hydrogens is 502 g/mol. The number of nitrogens with zero attached hydrogens (tertiary/aromatic N) is 5. The van der Waals surface area contributed by atoms with Gasteiger partial charge in [0.15, 0.2) is 0 Å². The lowest BCUT2D eigenvalue weighted by molar-refractivity contribution is 0.182. The van der Waals surface area contributed by atoms with Crippen LogP contribution in [0, 0.1) is 5.41 Å². The fourth-order valence-electron chi connectivity index (χ4n) is 5.95. The first-order valence-electron chi connectivity index (χ1n) is 14.3. The third-order valence-corrected chi connectivity index (χ3v) is 8.14. The molecule has 9 heteroatoms. The molecule has 3 heterocycles. The number of fused-ring (bicyclic) bond motifs is 2. The Bertz CT molecular complexity index is 1490. The second-order valence-electron chi connectivity index (χ2n) is 11.5. The molecule has 0 spiro atoms. The minimum atomic E-state index is -0.0632. The quantitative estimate of drug-likeness (QED) is 0.258. The second kappa shape index (κ2) is 11.1. The van der Waals surface area contributed by atoms with Crippen LogP contribution in [0.3, 0.4) is 0 Å². The van der Waals surface area contributed by atoms with Gasteiger partial charge in [0.2, 0.25) is 0 Å². The lowest BCUT2D eigenvalue weighted by Crippen LogP contribution is -2.33. The molecule has 2 aliphatic rings. The molecule has 0 atom stereocenters. The van der Waals surface area contributed by atoms with Gasteiger partial charge in [0.25, 0.3) is 0 Å². The third-order valence-electron chi connectivity index (χ3n) is 8.14. The molecular formula is C31H39N7O2. The minimum Gasteiger partial charge on any atom is -0.463 e. The fraction of sp³-hybridized carbons (Fsp3) is 0.452. The SMILES string of the molecule is CCc1cccc2cccc(N3CCc4c(nc(OCC5(CN(C)C)CC5)nc4NCc4cc(CO)[nH]n4)C3)c12. The molecule has 1 fully saturated rings. The van der Waals surface area contributed by atoms with Crippen molar-refractivity contribution in [1.29, 1.82) is 0 Å². The molecule has 2 aromatic carbocycles. The maximum Gasteiger partial charge on any atom is 0.318 e. The fourth-order valence-corrected chi connectivity index (χ4v) is 5.95. The van der Waals surface area contributed by atoms with E-state index in [0.29, 0.717) is 31.4 Å². The average Bonchev–Trinajstić information content (AvgIpc) is 3.56. The van der Waals surface area contributed by atoms with Crippen molar-refractivity contribution in [1.82, 2.24) is 25.1 Å². The van der Waals surface area contributed by atoms with Crippen molar-refractivity contribution in [3.05, 3.63) is 70.7 Å². The van der Waals surface area contributed by atoms with Crippen LogP contribution in [-0.4, -0.2) is 64.0 Å². The maximum absolute atomic E-state index is 9.40. The van der Waals surface area contributed by atoms with Gasteiger partial charge in [-0.05, 0) is 62.9 Å². The zero-order valence-corrected chi connectivity index (χ0v) is 23.7. The Morgan fingerprint density at radius 2 is 1.98 bits per heavy atom. The lowest BCUT2D eigenvalue weighted by Gasteiger charge is -2.32. The molecule has 0 bridgehead atoms. The first kappa shape index (κ1) is 26.5. The zero-order chi connectivity index (χ0) is 27.7. The summed E-state index contributed by atoms with van der Waals surface area (Å²) in [6, 6.07) is 15.5. The summed E-state index contributed by atoms with van der Waals surface area (Å²) >= 11 is 0. The van der Waals surface area contributed by atoms with Crippen LogP contribution in [0.5, 0.6) is 6.01 Å². The van der Waals surface area contributed by atoms with Crippen LogP contribution in [0.25, 0.3) is 10.8 Å². The monoisotopic (exact) mass is 541 g/mol. The number of aryl methyl sites for hydroxylation is 1. The number of aliphatic hydroxyl groups is 1. The number of aromatic amines is 1. The van der Waals surface area contributed by atoms with Gasteiger partial charge in [0.05, 0.1) is 43.4 Å². The lowest BCUT2D eigenvalue weighted by atomic mass is 9.98. The predicted molar refractivity (Wildman–Crippen MR) is 158 cm³/mol. The van der Waals surface area contributed by atoms with Gasteiger partial charge in [-0.1, -0.05) is 37.3 Å². The van der Waals surface area contributed by atoms with E-state index in [4.69, 9.17) is 14.7 Å². The molecule has 6 rings (SSSR count). The van der Waals surface area contributed by atoms with Crippen molar-refractivity contribution < 1.29 is 9.84 Å². The predicted octanol–water partition coefficient (Wildman–Crippen LogP) is 4.30. The molecule has 1 aliphatic carbocycles. The summed E-state index contributed by atoms with van der Waals surface area (Å²) in [6.45, 7) is 5.85. The highest BCUT2D eigenvalue weighted by molar-refractivity contribution is 5.97. The number of anilines is 2. The van der Waals surface area contributed by atoms with E-state index in [1.165, 1.54) is 34.9 Å². The van der Waals surface area contributed by atoms with E-state index in [0.717, 1.165) is 48.7 Å². The van der Waals surface area contributed by atoms with Crippen molar-refractivity contribution in [2.24, 2.45) is 5.41 Å². The number of benzene rings is 2. The van der Waals surface area contributed by atoms with Crippen LogP contribution >= 0.6 is 0 Å². The molecule has 1 aliphatic heterocycles. The number of aliphatic hydroxyl groups excluding tert-OH is 1. The first-order chi connectivity index (χ1) is 19.5. The largest absolute Gasteiger partial charge is 0.463 e. The van der Waals surface area contributed by atoms with E-state index < -0.39 is 0 Å². The summed E-state index contributed by atoms with van der Waals surface area (Å²) in [5.41, 5.74) is 6.46. The van der Waals surface area contributed by atoms with Crippen molar-refractivity contribution in [2.75, 3.05) is 44.0 Å². The molecule has 1 saturated carbocycles. The van der Waals surface area contributed by atoms with Crippen LogP contribution in [0.2, 0.25) is 0 Å². The Kier molecular flexibility index (Phi) is 7.33. The molecule has 40 heavy (non-hydrogen) atoms. The Morgan fingerprint density at radius 1 is 1.15 bits per heavy atom. The van der Waals surface area contributed by atoms with Crippen LogP contribution in [-0.2, 0) is 32.5 Å². The highest BCUT2D eigenvalue weighted by Gasteiger charge is 2.44. The van der Waals surface area contributed by atoms with Gasteiger partial charge in [0.1, 0.15) is 5.82 Å². The molecule has 9 nitrogen and oxygen atoms in total. The number of nitrogens with one attached hydrogen (secondary N) is 2. The normalized spacial score (nSPS) is 15.9. The standard InChI is InChI=1S/C31H39N7O2/c1-4-21-7-5-8-22-9-6-10-27(28(21)22)38-14-11-25-26(17-38)33-30(40-20-31(12-13-31)19-37(2)3)34-29(25)32-16-23-15-24(18-39)36-35-23/h5-10,15,39H,4,11-14,16-20H2,1-3H3,(H,35,36)(H,32,33,34). The van der Waals surface area contributed by atoms with Crippen molar-refractivity contribution in [2.45, 2.75) is 52.3 Å². The number of hydrogen-bond acceptors (Lipinski definition) is 8. The number of aromatic nitrogens is 4. The van der Waals surface area contributed by atoms with Crippen molar-refractivity contribution in [3.63, 3.8) is 0 Å². The van der Waals surface area contributed by atoms with E-state index in [2.05, 4.69) is 82.7 Å². The van der Waals surface area contributed by atoms with E-state index >= 15 is 0 Å². The Labute approximate surface area is 235 Å². The Hall–Kier alpha value is -3.69. The van der Waals surface area contributed by atoms with E-state index in [1.807, 2.05) is 6.07 Å². The van der Waals surface area contributed by atoms with Gasteiger partial charge in [-0.2, -0.15) is 15.1 Å². The van der Waals surface area contributed by atoms with Gasteiger partial charge >= 0.3 is 6.01 Å². The van der Waals surface area contributed by atoms with Crippen LogP contribution in [0.4, 0.5) is 11.5 Å². The van der Waals surface area contributed by atoms with Gasteiger partial charge in [0, 0.05) is 35.1 Å². The number of ether oxygens (including phenoxy) is 1. The summed E-state index contributed by atoms with van der Waals surface area (Å²) in [5.74, 6) is 0.804. The average molecular weight is 542 g/mol. The molecule has 4 aromatic rings. The number of rotatable bonds is 11. The van der Waals surface area contributed by atoms with Crippen LogP contribution in [0.1, 0.15) is 48.0 Å². The molecule has 0 unspecified atom stereocenters. The summed E-state index contributed by atoms with van der Waals surface area (Å²) in [5, 5.41) is 22.7. The van der Waals surface area contributed by atoms with E-state index in [-0.39, 0.29) is 12.0 Å². The van der Waals surface area contributed by atoms with Crippen molar-refractivity contribution >= 4 is 22.3 Å². The minimum absolute atomic E-state index is 0.0632. The van der Waals surface area contributed by atoms with Gasteiger partial charge in [-0.3, -0.25) is 5.10 Å². The summed E-state index contributed by atoms with van der Waals surface area (Å²) in [4.78, 5) is 14.5. The topological polar surface area (TPSA) is 102 Å². The van der Waals surface area contributed by atoms with Gasteiger partial charge in [-0.25, -0.2) is 0 Å². The molecule has 0 saturated heterocycles. The third kappa shape index (κ3) is 5.48. The highest BCUT2D eigenvalue weighted by Crippen LogP contribution is 2.46. The van der Waals surface area contributed by atoms with E-state index in [9.17, 15) is 5.11 Å². The van der Waals surface area contributed by atoms with Crippen LogP contribution in [0.15, 0.2) is 42.5 Å². The number of H-pyrrole nitrogens is 1. The molecule has 3 N–H and O–H groups in total. The molecule has 0 amide bonds. The van der Waals surface area contributed by atoms with Gasteiger partial charge in [-0.15, -0.1) is 0 Å². The zero-order valence-electron chi connectivity index (χ0n) is 23.7. The first-order valence-corrected chi connectivity index (χ1v) is 14.3. The maximum atomic E-state index is 9.40. The van der Waals surface area contributed by atoms with E-state index in [1.54, 1.807) is 0 Å².